The first kappa shape index (κ1) is 15.1. The van der Waals surface area contributed by atoms with Gasteiger partial charge in [0.2, 0.25) is 0 Å². The number of hydrogen-bond acceptors (Lipinski definition) is 3. The molecule has 0 atom stereocenters. The Kier molecular flexibility index (Phi) is 7.14. The predicted molar refractivity (Wildman–Crippen MR) is 74.5 cm³/mol. The first-order valence-electron chi connectivity index (χ1n) is 6.34. The number of benzene rings is 1. The van der Waals surface area contributed by atoms with Crippen LogP contribution in [0.1, 0.15) is 29.6 Å². The summed E-state index contributed by atoms with van der Waals surface area (Å²) in [5.41, 5.74) is 0.236. The summed E-state index contributed by atoms with van der Waals surface area (Å²) in [6.07, 6.45) is 8.06. The minimum absolute atomic E-state index is 0.236. The van der Waals surface area contributed by atoms with Crippen molar-refractivity contribution in [2.75, 3.05) is 19.7 Å². The van der Waals surface area contributed by atoms with Gasteiger partial charge in [0, 0.05) is 13.0 Å². The second-order valence-electron chi connectivity index (χ2n) is 4.09. The maximum Gasteiger partial charge on any atom is 0.335 e. The number of nitrogens with one attached hydrogen (secondary N) is 1. The molecule has 0 amide bonds. The highest BCUT2D eigenvalue weighted by Crippen LogP contribution is 2.12. The number of terminal acetylenes is 1. The zero-order valence-electron chi connectivity index (χ0n) is 10.9. The van der Waals surface area contributed by atoms with Gasteiger partial charge in [-0.2, -0.15) is 0 Å². The molecule has 0 heterocycles. The Hall–Kier alpha value is -1.99. The van der Waals surface area contributed by atoms with E-state index in [-0.39, 0.29) is 5.56 Å². The third-order valence-electron chi connectivity index (χ3n) is 2.55. The Morgan fingerprint density at radius 2 is 2.21 bits per heavy atom. The molecule has 19 heavy (non-hydrogen) atoms. The number of rotatable bonds is 9. The highest BCUT2D eigenvalue weighted by atomic mass is 16.5. The summed E-state index contributed by atoms with van der Waals surface area (Å²) in [6, 6.07) is 6.49. The van der Waals surface area contributed by atoms with Gasteiger partial charge < -0.3 is 15.2 Å². The van der Waals surface area contributed by atoms with Gasteiger partial charge in [0.25, 0.3) is 0 Å². The molecule has 0 saturated heterocycles. The molecular formula is C15H19NO3. The number of carbonyl (C=O) groups is 1. The van der Waals surface area contributed by atoms with Crippen LogP contribution in [0.5, 0.6) is 5.75 Å². The lowest BCUT2D eigenvalue weighted by molar-refractivity contribution is 0.0696. The van der Waals surface area contributed by atoms with E-state index >= 15 is 0 Å². The molecule has 102 valence electrons. The Balaban J connectivity index is 2.14. The molecule has 4 nitrogen and oxygen atoms in total. The fourth-order valence-corrected chi connectivity index (χ4v) is 1.56. The van der Waals surface area contributed by atoms with Gasteiger partial charge >= 0.3 is 5.97 Å². The zero-order chi connectivity index (χ0) is 13.9. The van der Waals surface area contributed by atoms with Gasteiger partial charge in [-0.3, -0.25) is 0 Å². The second kappa shape index (κ2) is 9.01. The van der Waals surface area contributed by atoms with Crippen molar-refractivity contribution < 1.29 is 14.6 Å². The van der Waals surface area contributed by atoms with Crippen molar-refractivity contribution in [3.8, 4) is 18.1 Å². The highest BCUT2D eigenvalue weighted by Gasteiger charge is 2.03. The molecule has 0 spiro atoms. The van der Waals surface area contributed by atoms with Crippen molar-refractivity contribution in [3.63, 3.8) is 0 Å². The van der Waals surface area contributed by atoms with Crippen LogP contribution in [0.4, 0.5) is 0 Å². The third kappa shape index (κ3) is 6.49. The smallest absolute Gasteiger partial charge is 0.335 e. The highest BCUT2D eigenvalue weighted by molar-refractivity contribution is 5.87. The number of aromatic carboxylic acids is 1. The molecule has 0 saturated carbocycles. The van der Waals surface area contributed by atoms with E-state index in [9.17, 15) is 4.79 Å². The van der Waals surface area contributed by atoms with Crippen molar-refractivity contribution in [1.82, 2.24) is 5.32 Å². The Morgan fingerprint density at radius 1 is 1.37 bits per heavy atom. The van der Waals surface area contributed by atoms with E-state index in [1.165, 1.54) is 6.07 Å². The van der Waals surface area contributed by atoms with Crippen LogP contribution < -0.4 is 10.1 Å². The molecular weight excluding hydrogens is 242 g/mol. The van der Waals surface area contributed by atoms with E-state index in [2.05, 4.69) is 11.2 Å². The largest absolute Gasteiger partial charge is 0.492 e. The van der Waals surface area contributed by atoms with Crippen LogP contribution in [0.3, 0.4) is 0 Å². The summed E-state index contributed by atoms with van der Waals surface area (Å²) in [5, 5.41) is 12.1. The molecule has 0 fully saturated rings. The number of carboxylic acids is 1. The molecule has 1 rings (SSSR count). The first-order chi connectivity index (χ1) is 9.24. The van der Waals surface area contributed by atoms with Crippen LogP contribution in [0.25, 0.3) is 0 Å². The van der Waals surface area contributed by atoms with E-state index in [0.717, 1.165) is 32.4 Å². The van der Waals surface area contributed by atoms with Crippen LogP contribution >= 0.6 is 0 Å². The van der Waals surface area contributed by atoms with E-state index < -0.39 is 5.97 Å². The Morgan fingerprint density at radius 3 is 2.95 bits per heavy atom. The van der Waals surface area contributed by atoms with E-state index in [4.69, 9.17) is 16.3 Å². The number of unbranched alkanes of at least 4 members (excludes halogenated alkanes) is 2. The van der Waals surface area contributed by atoms with Crippen molar-refractivity contribution in [1.29, 1.82) is 0 Å². The zero-order valence-corrected chi connectivity index (χ0v) is 10.9. The summed E-state index contributed by atoms with van der Waals surface area (Å²) in [4.78, 5) is 10.8. The van der Waals surface area contributed by atoms with Crippen LogP contribution in [-0.2, 0) is 0 Å². The Labute approximate surface area is 113 Å². The number of ether oxygens (including phenoxy) is 1. The summed E-state index contributed by atoms with van der Waals surface area (Å²) in [6.45, 7) is 2.16. The average molecular weight is 261 g/mol. The summed E-state index contributed by atoms with van der Waals surface area (Å²) in [7, 11) is 0. The average Bonchev–Trinajstić information content (AvgIpc) is 2.42. The molecule has 1 aromatic carbocycles. The fraction of sp³-hybridized carbons (Fsp3) is 0.400. The first-order valence-corrected chi connectivity index (χ1v) is 6.34. The quantitative estimate of drug-likeness (QED) is 0.528. The maximum atomic E-state index is 10.8. The minimum Gasteiger partial charge on any atom is -0.492 e. The normalized spacial score (nSPS) is 9.84. The van der Waals surface area contributed by atoms with Gasteiger partial charge in [-0.05, 0) is 37.6 Å². The maximum absolute atomic E-state index is 10.8. The lowest BCUT2D eigenvalue weighted by Crippen LogP contribution is -2.22. The van der Waals surface area contributed by atoms with Gasteiger partial charge in [0.1, 0.15) is 12.4 Å². The number of hydrogen-bond donors (Lipinski definition) is 2. The van der Waals surface area contributed by atoms with Crippen LogP contribution in [0.2, 0.25) is 0 Å². The SMILES string of the molecule is C#CCCCCNCCOc1cccc(C(=O)O)c1. The van der Waals surface area contributed by atoms with Crippen LogP contribution in [0, 0.1) is 12.3 Å². The van der Waals surface area contributed by atoms with Gasteiger partial charge in [0.15, 0.2) is 0 Å². The van der Waals surface area contributed by atoms with Crippen molar-refractivity contribution in [2.45, 2.75) is 19.3 Å². The molecule has 0 aromatic heterocycles. The van der Waals surface area contributed by atoms with E-state index in [1.807, 2.05) is 0 Å². The Bertz CT molecular complexity index is 437. The van der Waals surface area contributed by atoms with Crippen LogP contribution in [0.15, 0.2) is 24.3 Å². The topological polar surface area (TPSA) is 58.6 Å². The fourth-order valence-electron chi connectivity index (χ4n) is 1.56. The van der Waals surface area contributed by atoms with Gasteiger partial charge in [-0.1, -0.05) is 6.07 Å². The lowest BCUT2D eigenvalue weighted by atomic mass is 10.2. The van der Waals surface area contributed by atoms with Gasteiger partial charge in [0.05, 0.1) is 5.56 Å². The molecule has 0 aliphatic rings. The van der Waals surface area contributed by atoms with Crippen molar-refractivity contribution >= 4 is 5.97 Å². The monoisotopic (exact) mass is 261 g/mol. The molecule has 0 radical (unpaired) electrons. The lowest BCUT2D eigenvalue weighted by Gasteiger charge is -2.07. The van der Waals surface area contributed by atoms with Gasteiger partial charge in [-0.15, -0.1) is 12.3 Å². The van der Waals surface area contributed by atoms with Gasteiger partial charge in [-0.25, -0.2) is 4.79 Å². The standard InChI is InChI=1S/C15H19NO3/c1-2-3-4-5-9-16-10-11-19-14-8-6-7-13(12-14)15(17)18/h1,6-8,12,16H,3-5,9-11H2,(H,17,18). The molecule has 1 aromatic rings. The molecule has 4 heteroatoms. The number of carboxylic acid groups (broad SMARTS) is 1. The second-order valence-corrected chi connectivity index (χ2v) is 4.09. The molecule has 0 bridgehead atoms. The minimum atomic E-state index is -0.947. The van der Waals surface area contributed by atoms with E-state index in [1.54, 1.807) is 18.2 Å². The third-order valence-corrected chi connectivity index (χ3v) is 2.55. The molecule has 0 aliphatic heterocycles. The molecule has 2 N–H and O–H groups in total. The van der Waals surface area contributed by atoms with Crippen molar-refractivity contribution in [3.05, 3.63) is 29.8 Å². The van der Waals surface area contributed by atoms with E-state index in [0.29, 0.717) is 12.4 Å². The predicted octanol–water partition coefficient (Wildman–Crippen LogP) is 2.16. The summed E-state index contributed by atoms with van der Waals surface area (Å²) < 4.78 is 5.47. The molecule has 0 aliphatic carbocycles. The van der Waals surface area contributed by atoms with Crippen molar-refractivity contribution in [2.24, 2.45) is 0 Å². The molecule has 0 unspecified atom stereocenters. The van der Waals surface area contributed by atoms with Crippen LogP contribution in [-0.4, -0.2) is 30.8 Å². The summed E-state index contributed by atoms with van der Waals surface area (Å²) >= 11 is 0. The summed E-state index contributed by atoms with van der Waals surface area (Å²) in [5.74, 6) is 2.24.